The lowest BCUT2D eigenvalue weighted by atomic mass is 9.55. The van der Waals surface area contributed by atoms with E-state index in [4.69, 9.17) is 34.0 Å². The SMILES string of the molecule is C/N=C(/C[C@H]1O[C@@H]2C[C@]3(C)CC[C@H]4[C@H](C)CC[C@@H]([C@H]1C)[C@@]24OO3)[C@H]1O[C@@H]2C[C@]3(C)CC[C@H]4[C@H](C)CC[C@@H]([C@H]1C)[C@@]24OO3. The quantitative estimate of drug-likeness (QED) is 0.266. The van der Waals surface area contributed by atoms with Crippen LogP contribution in [0.2, 0.25) is 0 Å². The minimum absolute atomic E-state index is 0.00951. The molecule has 10 rings (SSSR count). The first-order valence-electron chi connectivity index (χ1n) is 17.5. The van der Waals surface area contributed by atoms with Crippen molar-refractivity contribution in [2.45, 2.75) is 159 Å². The Bertz CT molecular complexity index is 1120. The van der Waals surface area contributed by atoms with Crippen LogP contribution in [-0.2, 0) is 29.0 Å². The number of hydrogen-bond acceptors (Lipinski definition) is 7. The summed E-state index contributed by atoms with van der Waals surface area (Å²) in [5.41, 5.74) is 0.00508. The molecule has 236 valence electrons. The van der Waals surface area contributed by atoms with Gasteiger partial charge in [-0.05, 0) is 113 Å². The molecule has 6 aliphatic heterocycles. The maximum Gasteiger partial charge on any atom is 0.136 e. The lowest BCUT2D eigenvalue weighted by molar-refractivity contribution is -0.487. The van der Waals surface area contributed by atoms with Gasteiger partial charge >= 0.3 is 0 Å². The van der Waals surface area contributed by atoms with Gasteiger partial charge in [0.05, 0.1) is 24.4 Å². The summed E-state index contributed by atoms with van der Waals surface area (Å²) in [5, 5.41) is 0. The highest BCUT2D eigenvalue weighted by Crippen LogP contribution is 2.63. The number of aliphatic imine (C=N–C) groups is 1. The van der Waals surface area contributed by atoms with Gasteiger partial charge in [-0.3, -0.25) is 4.99 Å². The van der Waals surface area contributed by atoms with Crippen molar-refractivity contribution in [2.24, 2.45) is 52.3 Å². The van der Waals surface area contributed by atoms with E-state index in [9.17, 15) is 0 Å². The molecule has 0 unspecified atom stereocenters. The van der Waals surface area contributed by atoms with Gasteiger partial charge in [0.1, 0.15) is 22.4 Å². The van der Waals surface area contributed by atoms with Crippen LogP contribution in [0.5, 0.6) is 0 Å². The zero-order valence-corrected chi connectivity index (χ0v) is 27.1. The molecule has 7 heteroatoms. The predicted octanol–water partition coefficient (Wildman–Crippen LogP) is 6.87. The number of nitrogens with zero attached hydrogens (tertiary/aromatic N) is 1. The van der Waals surface area contributed by atoms with Crippen molar-refractivity contribution in [3.05, 3.63) is 0 Å². The minimum atomic E-state index is -0.330. The monoisotopic (exact) mass is 585 g/mol. The summed E-state index contributed by atoms with van der Waals surface area (Å²) < 4.78 is 14.5. The summed E-state index contributed by atoms with van der Waals surface area (Å²) in [5.74, 6) is 3.81. The number of rotatable bonds is 3. The second-order valence-corrected chi connectivity index (χ2v) is 16.8. The molecule has 6 saturated heterocycles. The Morgan fingerprint density at radius 3 is 1.71 bits per heavy atom. The molecule has 0 aromatic heterocycles. The first kappa shape index (κ1) is 28.9. The zero-order chi connectivity index (χ0) is 29.2. The van der Waals surface area contributed by atoms with E-state index in [0.29, 0.717) is 47.3 Å². The lowest BCUT2D eigenvalue weighted by Gasteiger charge is -2.62. The van der Waals surface area contributed by atoms with Crippen LogP contribution in [0.15, 0.2) is 4.99 Å². The Morgan fingerprint density at radius 2 is 1.17 bits per heavy atom. The molecule has 4 aliphatic carbocycles. The second-order valence-electron chi connectivity index (χ2n) is 16.8. The van der Waals surface area contributed by atoms with E-state index in [0.717, 1.165) is 32.1 Å². The van der Waals surface area contributed by atoms with Crippen molar-refractivity contribution < 1.29 is 29.0 Å². The average molecular weight is 586 g/mol. The third-order valence-corrected chi connectivity index (χ3v) is 14.6. The van der Waals surface area contributed by atoms with Crippen LogP contribution in [0, 0.1) is 47.3 Å². The third-order valence-electron chi connectivity index (χ3n) is 14.6. The van der Waals surface area contributed by atoms with Gasteiger partial charge in [-0.2, -0.15) is 0 Å². The topological polar surface area (TPSA) is 67.7 Å². The first-order valence-corrected chi connectivity index (χ1v) is 17.5. The van der Waals surface area contributed by atoms with Crippen molar-refractivity contribution in [3.63, 3.8) is 0 Å². The van der Waals surface area contributed by atoms with Crippen LogP contribution in [0.3, 0.4) is 0 Å². The van der Waals surface area contributed by atoms with E-state index >= 15 is 0 Å². The van der Waals surface area contributed by atoms with Gasteiger partial charge in [0.25, 0.3) is 0 Å². The Hall–Kier alpha value is -0.570. The smallest absolute Gasteiger partial charge is 0.136 e. The van der Waals surface area contributed by atoms with Gasteiger partial charge in [0.15, 0.2) is 0 Å². The van der Waals surface area contributed by atoms with Gasteiger partial charge in [-0.1, -0.05) is 27.7 Å². The summed E-state index contributed by atoms with van der Waals surface area (Å²) in [7, 11) is 1.97. The van der Waals surface area contributed by atoms with Crippen LogP contribution in [0.25, 0.3) is 0 Å². The summed E-state index contributed by atoms with van der Waals surface area (Å²) >= 11 is 0. The lowest BCUT2D eigenvalue weighted by Crippen LogP contribution is -2.70. The summed E-state index contributed by atoms with van der Waals surface area (Å²) in [6.07, 6.45) is 12.2. The van der Waals surface area contributed by atoms with Gasteiger partial charge in [0, 0.05) is 32.0 Å². The standard InChI is InChI=1S/C35H55NO6/c1-19-8-10-25-21(3)28(37-29-17-32(5)14-12-23(19)34(25,29)41-39-32)16-27(36-7)31-22(4)26-11-9-20(2)24-13-15-33(6)18-30(38-31)35(24,26)42-40-33/h19-26,28-31H,8-18H2,1-7H3/b36-27-/t19-,20-,21-,22-,23+,24+,25+,26+,28-,29-,30-,31+,32+,33+,34-,35-/m1/s1. The van der Waals surface area contributed by atoms with Gasteiger partial charge < -0.3 is 9.47 Å². The van der Waals surface area contributed by atoms with Gasteiger partial charge in [-0.15, -0.1) is 0 Å². The molecule has 2 spiro atoms. The normalized spacial score (nSPS) is 60.3. The van der Waals surface area contributed by atoms with Crippen LogP contribution >= 0.6 is 0 Å². The maximum atomic E-state index is 7.24. The maximum absolute atomic E-state index is 7.24. The van der Waals surface area contributed by atoms with Crippen molar-refractivity contribution in [1.29, 1.82) is 0 Å². The predicted molar refractivity (Wildman–Crippen MR) is 159 cm³/mol. The van der Waals surface area contributed by atoms with E-state index in [-0.39, 0.29) is 46.8 Å². The van der Waals surface area contributed by atoms with Crippen molar-refractivity contribution >= 4 is 5.71 Å². The van der Waals surface area contributed by atoms with Crippen molar-refractivity contribution in [2.75, 3.05) is 7.05 Å². The summed E-state index contributed by atoms with van der Waals surface area (Å²) in [6.45, 7) is 14.1. The molecule has 16 atom stereocenters. The molecular weight excluding hydrogens is 530 g/mol. The number of hydrogen-bond donors (Lipinski definition) is 0. The molecular formula is C35H55NO6. The highest BCUT2D eigenvalue weighted by Gasteiger charge is 2.70. The summed E-state index contributed by atoms with van der Waals surface area (Å²) in [6, 6.07) is 0. The Kier molecular flexibility index (Phi) is 6.68. The van der Waals surface area contributed by atoms with Crippen LogP contribution in [0.4, 0.5) is 0 Å². The molecule has 6 heterocycles. The zero-order valence-electron chi connectivity index (χ0n) is 27.1. The minimum Gasteiger partial charge on any atom is -0.371 e. The van der Waals surface area contributed by atoms with Gasteiger partial charge in [0.2, 0.25) is 0 Å². The van der Waals surface area contributed by atoms with Gasteiger partial charge in [-0.25, -0.2) is 19.6 Å². The molecule has 7 nitrogen and oxygen atoms in total. The third kappa shape index (κ3) is 3.82. The van der Waals surface area contributed by atoms with E-state index < -0.39 is 0 Å². The Morgan fingerprint density at radius 1 is 0.643 bits per heavy atom. The fourth-order valence-corrected chi connectivity index (χ4v) is 12.2. The Labute approximate surface area is 253 Å². The Balaban J connectivity index is 1.08. The van der Waals surface area contributed by atoms with E-state index in [1.165, 1.54) is 44.2 Å². The van der Waals surface area contributed by atoms with Crippen molar-refractivity contribution in [1.82, 2.24) is 0 Å². The molecule has 0 radical (unpaired) electrons. The number of ether oxygens (including phenoxy) is 2. The average Bonchev–Trinajstić information content (AvgIpc) is 3.34. The summed E-state index contributed by atoms with van der Waals surface area (Å²) in [4.78, 5) is 30.6. The molecule has 4 saturated carbocycles. The molecule has 0 aromatic carbocycles. The highest BCUT2D eigenvalue weighted by molar-refractivity contribution is 5.89. The van der Waals surface area contributed by atoms with E-state index in [2.05, 4.69) is 41.5 Å². The molecule has 0 amide bonds. The molecule has 0 aromatic rings. The fraction of sp³-hybridized carbons (Fsp3) is 0.971. The van der Waals surface area contributed by atoms with E-state index in [1.54, 1.807) is 0 Å². The van der Waals surface area contributed by atoms with Crippen LogP contribution < -0.4 is 0 Å². The second kappa shape index (κ2) is 9.72. The fourth-order valence-electron chi connectivity index (χ4n) is 12.2. The largest absolute Gasteiger partial charge is 0.371 e. The van der Waals surface area contributed by atoms with Crippen molar-refractivity contribution in [3.8, 4) is 0 Å². The molecule has 42 heavy (non-hydrogen) atoms. The molecule has 0 N–H and O–H groups in total. The molecule has 10 fully saturated rings. The first-order chi connectivity index (χ1) is 20.0. The molecule has 10 aliphatic rings. The molecule has 4 bridgehead atoms. The van der Waals surface area contributed by atoms with Crippen LogP contribution in [0.1, 0.15) is 112 Å². The highest BCUT2D eigenvalue weighted by atomic mass is 17.2. The number of fused-ring (bicyclic) bond motifs is 4. The van der Waals surface area contributed by atoms with Crippen LogP contribution in [-0.4, -0.2) is 59.6 Å². The van der Waals surface area contributed by atoms with E-state index in [1.807, 2.05) is 7.05 Å².